The summed E-state index contributed by atoms with van der Waals surface area (Å²) in [4.78, 5) is 23.0. The predicted molar refractivity (Wildman–Crippen MR) is 67.4 cm³/mol. The van der Waals surface area contributed by atoms with Crippen LogP contribution >= 0.6 is 0 Å². The van der Waals surface area contributed by atoms with Gasteiger partial charge in [-0.1, -0.05) is 0 Å². The van der Waals surface area contributed by atoms with Gasteiger partial charge in [-0.2, -0.15) is 5.26 Å². The van der Waals surface area contributed by atoms with Gasteiger partial charge in [-0.25, -0.2) is 4.79 Å². The van der Waals surface area contributed by atoms with Crippen LogP contribution in [0.3, 0.4) is 0 Å². The van der Waals surface area contributed by atoms with Gasteiger partial charge in [-0.05, 0) is 12.1 Å². The van der Waals surface area contributed by atoms with Gasteiger partial charge < -0.3 is 14.7 Å². The first-order valence-corrected chi connectivity index (χ1v) is 5.81. The molecule has 0 radical (unpaired) electrons. The van der Waals surface area contributed by atoms with Crippen LogP contribution in [0.5, 0.6) is 0 Å². The van der Waals surface area contributed by atoms with Crippen LogP contribution in [0, 0.1) is 21.4 Å². The van der Waals surface area contributed by atoms with Gasteiger partial charge in [-0.15, -0.1) is 0 Å². The number of rotatable bonds is 3. The fourth-order valence-corrected chi connectivity index (χ4v) is 2.02. The fourth-order valence-electron chi connectivity index (χ4n) is 2.02. The number of aliphatic carboxylic acids is 1. The molecule has 0 spiro atoms. The Balaban J connectivity index is 2.34. The third kappa shape index (κ3) is 2.67. The molecule has 1 unspecified atom stereocenters. The lowest BCUT2D eigenvalue weighted by Crippen LogP contribution is -2.46. The highest BCUT2D eigenvalue weighted by Gasteiger charge is 2.29. The van der Waals surface area contributed by atoms with E-state index in [1.54, 1.807) is 4.90 Å². The molecule has 2 rings (SSSR count). The molecule has 104 valence electrons. The summed E-state index contributed by atoms with van der Waals surface area (Å²) in [6, 6.07) is 5.94. The van der Waals surface area contributed by atoms with E-state index < -0.39 is 17.0 Å². The van der Waals surface area contributed by atoms with Gasteiger partial charge >= 0.3 is 5.97 Å². The normalized spacial score (nSPS) is 18.4. The average molecular weight is 277 g/mol. The molecular weight excluding hydrogens is 266 g/mol. The van der Waals surface area contributed by atoms with Crippen LogP contribution in [0.4, 0.5) is 11.4 Å². The predicted octanol–water partition coefficient (Wildman–Crippen LogP) is 0.756. The molecule has 1 heterocycles. The van der Waals surface area contributed by atoms with E-state index in [-0.39, 0.29) is 24.4 Å². The molecule has 0 aliphatic carbocycles. The third-order valence-corrected chi connectivity index (χ3v) is 2.98. The molecule has 1 aromatic carbocycles. The molecule has 1 aliphatic heterocycles. The van der Waals surface area contributed by atoms with Crippen molar-refractivity contribution in [2.45, 2.75) is 6.10 Å². The smallest absolute Gasteiger partial charge is 0.334 e. The molecule has 1 aromatic rings. The summed E-state index contributed by atoms with van der Waals surface area (Å²) in [5, 5.41) is 28.8. The number of nitro groups is 1. The van der Waals surface area contributed by atoms with Crippen LogP contribution in [-0.2, 0) is 9.53 Å². The molecule has 1 atom stereocenters. The number of nitrogens with zero attached hydrogens (tertiary/aromatic N) is 3. The highest BCUT2D eigenvalue weighted by Crippen LogP contribution is 2.30. The summed E-state index contributed by atoms with van der Waals surface area (Å²) in [5.74, 6) is -1.11. The maximum atomic E-state index is 11.1. The minimum Gasteiger partial charge on any atom is -0.479 e. The zero-order valence-electron chi connectivity index (χ0n) is 10.4. The minimum absolute atomic E-state index is 0.0298. The number of nitriles is 1. The topological polar surface area (TPSA) is 117 Å². The van der Waals surface area contributed by atoms with E-state index in [1.165, 1.54) is 18.2 Å². The first-order valence-electron chi connectivity index (χ1n) is 5.81. The summed E-state index contributed by atoms with van der Waals surface area (Å²) in [5.41, 5.74) is 0.266. The lowest BCUT2D eigenvalue weighted by atomic mass is 10.1. The molecular formula is C12H11N3O5. The van der Waals surface area contributed by atoms with Crippen molar-refractivity contribution < 1.29 is 19.6 Å². The maximum Gasteiger partial charge on any atom is 0.334 e. The van der Waals surface area contributed by atoms with E-state index in [4.69, 9.17) is 15.1 Å². The maximum absolute atomic E-state index is 11.1. The lowest BCUT2D eigenvalue weighted by molar-refractivity contribution is -0.384. The Bertz CT molecular complexity index is 595. The number of morpholine rings is 1. The SMILES string of the molecule is N#Cc1ccc(N2CCOC(C(=O)O)C2)c([N+](=O)[O-])c1. The highest BCUT2D eigenvalue weighted by atomic mass is 16.6. The van der Waals surface area contributed by atoms with E-state index in [0.29, 0.717) is 12.2 Å². The number of hydrogen-bond donors (Lipinski definition) is 1. The van der Waals surface area contributed by atoms with E-state index in [9.17, 15) is 14.9 Å². The molecule has 0 saturated carbocycles. The van der Waals surface area contributed by atoms with Crippen molar-refractivity contribution in [1.29, 1.82) is 5.26 Å². The number of ether oxygens (including phenoxy) is 1. The summed E-state index contributed by atoms with van der Waals surface area (Å²) < 4.78 is 5.07. The number of carboxylic acid groups (broad SMARTS) is 1. The van der Waals surface area contributed by atoms with Crippen molar-refractivity contribution in [2.75, 3.05) is 24.6 Å². The zero-order valence-corrected chi connectivity index (χ0v) is 10.4. The van der Waals surface area contributed by atoms with E-state index in [1.807, 2.05) is 6.07 Å². The van der Waals surface area contributed by atoms with Gasteiger partial charge in [0, 0.05) is 12.6 Å². The van der Waals surface area contributed by atoms with E-state index >= 15 is 0 Å². The second-order valence-corrected chi connectivity index (χ2v) is 4.22. The fraction of sp³-hybridized carbons (Fsp3) is 0.333. The summed E-state index contributed by atoms with van der Waals surface area (Å²) in [7, 11) is 0. The Hall–Kier alpha value is -2.66. The molecule has 0 aromatic heterocycles. The minimum atomic E-state index is -1.11. The van der Waals surface area contributed by atoms with Gasteiger partial charge in [-0.3, -0.25) is 10.1 Å². The quantitative estimate of drug-likeness (QED) is 0.640. The first-order chi connectivity index (χ1) is 9.52. The van der Waals surface area contributed by atoms with Crippen molar-refractivity contribution in [2.24, 2.45) is 0 Å². The monoisotopic (exact) mass is 277 g/mol. The average Bonchev–Trinajstić information content (AvgIpc) is 2.46. The number of carbonyl (C=O) groups is 1. The largest absolute Gasteiger partial charge is 0.479 e. The van der Waals surface area contributed by atoms with Crippen LogP contribution < -0.4 is 4.90 Å². The van der Waals surface area contributed by atoms with Gasteiger partial charge in [0.25, 0.3) is 5.69 Å². The molecule has 1 N–H and O–H groups in total. The molecule has 8 heteroatoms. The molecule has 20 heavy (non-hydrogen) atoms. The molecule has 0 amide bonds. The van der Waals surface area contributed by atoms with Crippen LogP contribution in [0.1, 0.15) is 5.56 Å². The lowest BCUT2D eigenvalue weighted by Gasteiger charge is -2.32. The number of nitro benzene ring substituents is 1. The van der Waals surface area contributed by atoms with Gasteiger partial charge in [0.15, 0.2) is 6.10 Å². The van der Waals surface area contributed by atoms with E-state index in [2.05, 4.69) is 0 Å². The zero-order chi connectivity index (χ0) is 14.7. The molecule has 8 nitrogen and oxygen atoms in total. The molecule has 0 bridgehead atoms. The summed E-state index contributed by atoms with van der Waals surface area (Å²) in [6.45, 7) is 0.562. The molecule has 1 fully saturated rings. The number of benzene rings is 1. The van der Waals surface area contributed by atoms with Gasteiger partial charge in [0.2, 0.25) is 0 Å². The Kier molecular flexibility index (Phi) is 3.81. The van der Waals surface area contributed by atoms with E-state index in [0.717, 1.165) is 0 Å². The van der Waals surface area contributed by atoms with Crippen LogP contribution in [0.2, 0.25) is 0 Å². The van der Waals surface area contributed by atoms with Gasteiger partial charge in [0.1, 0.15) is 5.69 Å². The van der Waals surface area contributed by atoms with Crippen LogP contribution in [0.25, 0.3) is 0 Å². The van der Waals surface area contributed by atoms with Crippen LogP contribution in [0.15, 0.2) is 18.2 Å². The number of hydrogen-bond acceptors (Lipinski definition) is 6. The summed E-state index contributed by atoms with van der Waals surface area (Å²) in [6.07, 6.45) is -1.01. The van der Waals surface area contributed by atoms with Crippen molar-refractivity contribution in [1.82, 2.24) is 0 Å². The Morgan fingerprint density at radius 2 is 2.35 bits per heavy atom. The number of carboxylic acids is 1. The Labute approximate surface area is 113 Å². The Morgan fingerprint density at radius 3 is 2.95 bits per heavy atom. The summed E-state index contributed by atoms with van der Waals surface area (Å²) >= 11 is 0. The second-order valence-electron chi connectivity index (χ2n) is 4.22. The molecule has 1 saturated heterocycles. The van der Waals surface area contributed by atoms with Crippen LogP contribution in [-0.4, -0.2) is 41.8 Å². The van der Waals surface area contributed by atoms with Crippen molar-refractivity contribution in [3.8, 4) is 6.07 Å². The molecule has 1 aliphatic rings. The third-order valence-electron chi connectivity index (χ3n) is 2.98. The standard InChI is InChI=1S/C12H11N3O5/c13-6-8-1-2-9(10(5-8)15(18)19)14-3-4-20-11(7-14)12(16)17/h1-2,5,11H,3-4,7H2,(H,16,17). The highest BCUT2D eigenvalue weighted by molar-refractivity contribution is 5.74. The number of anilines is 1. The second kappa shape index (κ2) is 5.54. The van der Waals surface area contributed by atoms with Gasteiger partial charge in [0.05, 0.1) is 29.7 Å². The Morgan fingerprint density at radius 1 is 1.60 bits per heavy atom. The van der Waals surface area contributed by atoms with Crippen molar-refractivity contribution >= 4 is 17.3 Å². The van der Waals surface area contributed by atoms with Crippen molar-refractivity contribution in [3.05, 3.63) is 33.9 Å². The van der Waals surface area contributed by atoms with Crippen molar-refractivity contribution in [3.63, 3.8) is 0 Å². The first kappa shape index (κ1) is 13.8.